The normalized spacial score (nSPS) is 12.5. The Morgan fingerprint density at radius 2 is 2.07 bits per heavy atom. The topological polar surface area (TPSA) is 9.23 Å². The summed E-state index contributed by atoms with van der Waals surface area (Å²) in [5, 5.41) is 0. The van der Waals surface area contributed by atoms with Crippen LogP contribution in [0.15, 0.2) is 24.3 Å². The van der Waals surface area contributed by atoms with Crippen molar-refractivity contribution in [2.24, 2.45) is 5.92 Å². The lowest BCUT2D eigenvalue weighted by Crippen LogP contribution is -2.05. The number of rotatable bonds is 5. The Bertz CT molecular complexity index is 269. The van der Waals surface area contributed by atoms with Gasteiger partial charge in [-0.25, -0.2) is 0 Å². The lowest BCUT2D eigenvalue weighted by Gasteiger charge is -2.13. The minimum atomic E-state index is 0.549. The number of benzene rings is 1. The Morgan fingerprint density at radius 3 is 2.64 bits per heavy atom. The summed E-state index contributed by atoms with van der Waals surface area (Å²) in [6.45, 7) is 2.17. The van der Waals surface area contributed by atoms with E-state index in [-0.39, 0.29) is 0 Å². The first kappa shape index (κ1) is 11.4. The summed E-state index contributed by atoms with van der Waals surface area (Å²) in [4.78, 5) is 0. The van der Waals surface area contributed by atoms with Crippen molar-refractivity contribution in [3.63, 3.8) is 0 Å². The van der Waals surface area contributed by atoms with Crippen molar-refractivity contribution in [3.05, 3.63) is 29.8 Å². The zero-order chi connectivity index (χ0) is 10.4. The van der Waals surface area contributed by atoms with Gasteiger partial charge in [0.05, 0.1) is 7.11 Å². The predicted molar refractivity (Wildman–Crippen MR) is 61.2 cm³/mol. The molecule has 0 saturated carbocycles. The Morgan fingerprint density at radius 1 is 1.36 bits per heavy atom. The Balaban J connectivity index is 2.74. The third-order valence-corrected chi connectivity index (χ3v) is 2.93. The van der Waals surface area contributed by atoms with E-state index in [1.165, 1.54) is 5.56 Å². The molecule has 0 aliphatic rings. The summed E-state index contributed by atoms with van der Waals surface area (Å²) in [5.41, 5.74) is 1.25. The first-order valence-electron chi connectivity index (χ1n) is 4.99. The van der Waals surface area contributed by atoms with E-state index in [4.69, 9.17) is 16.3 Å². The monoisotopic (exact) mass is 212 g/mol. The standard InChI is InChI=1S/C12H17ClO/c1-3-10(9-13)8-11-6-4-5-7-12(11)14-2/h4-7,10H,3,8-9H2,1-2H3. The van der Waals surface area contributed by atoms with Gasteiger partial charge in [0.1, 0.15) is 5.75 Å². The van der Waals surface area contributed by atoms with Crippen molar-refractivity contribution in [1.29, 1.82) is 0 Å². The van der Waals surface area contributed by atoms with Gasteiger partial charge < -0.3 is 4.74 Å². The molecule has 1 nitrogen and oxygen atoms in total. The zero-order valence-corrected chi connectivity index (χ0v) is 9.55. The molecular formula is C12H17ClO. The lowest BCUT2D eigenvalue weighted by molar-refractivity contribution is 0.405. The molecule has 0 N–H and O–H groups in total. The van der Waals surface area contributed by atoms with E-state index in [0.717, 1.165) is 18.6 Å². The van der Waals surface area contributed by atoms with Crippen LogP contribution in [0.25, 0.3) is 0 Å². The molecule has 0 bridgehead atoms. The number of ether oxygens (including phenoxy) is 1. The van der Waals surface area contributed by atoms with Crippen LogP contribution in [0.2, 0.25) is 0 Å². The molecule has 0 amide bonds. The number of hydrogen-bond donors (Lipinski definition) is 0. The van der Waals surface area contributed by atoms with Gasteiger partial charge in [0, 0.05) is 5.88 Å². The summed E-state index contributed by atoms with van der Waals surface area (Å²) in [6, 6.07) is 8.13. The molecule has 1 rings (SSSR count). The fourth-order valence-corrected chi connectivity index (χ4v) is 1.82. The second kappa shape index (κ2) is 5.92. The van der Waals surface area contributed by atoms with Gasteiger partial charge in [-0.3, -0.25) is 0 Å². The van der Waals surface area contributed by atoms with Crippen LogP contribution in [0.4, 0.5) is 0 Å². The highest BCUT2D eigenvalue weighted by atomic mass is 35.5. The largest absolute Gasteiger partial charge is 0.496 e. The summed E-state index contributed by atoms with van der Waals surface area (Å²) < 4.78 is 5.29. The molecule has 0 saturated heterocycles. The maximum Gasteiger partial charge on any atom is 0.122 e. The maximum absolute atomic E-state index is 5.87. The molecule has 0 heterocycles. The van der Waals surface area contributed by atoms with E-state index in [9.17, 15) is 0 Å². The van der Waals surface area contributed by atoms with Crippen molar-refractivity contribution < 1.29 is 4.74 Å². The van der Waals surface area contributed by atoms with Gasteiger partial charge in [-0.15, -0.1) is 11.6 Å². The summed E-state index contributed by atoms with van der Waals surface area (Å²) in [6.07, 6.45) is 2.12. The Hall–Kier alpha value is -0.690. The van der Waals surface area contributed by atoms with E-state index in [1.54, 1.807) is 7.11 Å². The first-order valence-corrected chi connectivity index (χ1v) is 5.53. The third-order valence-electron chi connectivity index (χ3n) is 2.50. The van der Waals surface area contributed by atoms with Gasteiger partial charge in [-0.2, -0.15) is 0 Å². The van der Waals surface area contributed by atoms with E-state index >= 15 is 0 Å². The molecule has 1 aromatic carbocycles. The lowest BCUT2D eigenvalue weighted by atomic mass is 9.98. The van der Waals surface area contributed by atoms with E-state index in [1.807, 2.05) is 18.2 Å². The zero-order valence-electron chi connectivity index (χ0n) is 8.79. The minimum Gasteiger partial charge on any atom is -0.496 e. The van der Waals surface area contributed by atoms with Crippen molar-refractivity contribution in [1.82, 2.24) is 0 Å². The van der Waals surface area contributed by atoms with Crippen LogP contribution in [0.5, 0.6) is 5.75 Å². The van der Waals surface area contributed by atoms with Gasteiger partial charge in [0.25, 0.3) is 0 Å². The Kier molecular flexibility index (Phi) is 4.81. The van der Waals surface area contributed by atoms with Gasteiger partial charge in [-0.05, 0) is 24.0 Å². The van der Waals surface area contributed by atoms with Crippen molar-refractivity contribution >= 4 is 11.6 Å². The average Bonchev–Trinajstić information content (AvgIpc) is 2.26. The van der Waals surface area contributed by atoms with Gasteiger partial charge >= 0.3 is 0 Å². The van der Waals surface area contributed by atoms with E-state index in [2.05, 4.69) is 13.0 Å². The molecule has 0 radical (unpaired) electrons. The maximum atomic E-state index is 5.87. The number of alkyl halides is 1. The molecule has 14 heavy (non-hydrogen) atoms. The summed E-state index contributed by atoms with van der Waals surface area (Å²) in [7, 11) is 1.71. The number of hydrogen-bond acceptors (Lipinski definition) is 1. The second-order valence-corrected chi connectivity index (χ2v) is 3.75. The smallest absolute Gasteiger partial charge is 0.122 e. The molecule has 0 aliphatic heterocycles. The molecule has 1 aromatic rings. The first-order chi connectivity index (χ1) is 6.81. The van der Waals surface area contributed by atoms with E-state index in [0.29, 0.717) is 11.8 Å². The fourth-order valence-electron chi connectivity index (χ4n) is 1.49. The molecule has 1 atom stereocenters. The van der Waals surface area contributed by atoms with Crippen LogP contribution in [0.1, 0.15) is 18.9 Å². The molecule has 1 unspecified atom stereocenters. The number of halogens is 1. The van der Waals surface area contributed by atoms with Crippen LogP contribution < -0.4 is 4.74 Å². The van der Waals surface area contributed by atoms with Crippen molar-refractivity contribution in [2.75, 3.05) is 13.0 Å². The number of para-hydroxylation sites is 1. The predicted octanol–water partition coefficient (Wildman–Crippen LogP) is 3.50. The van der Waals surface area contributed by atoms with Crippen LogP contribution in [0, 0.1) is 5.92 Å². The molecular weight excluding hydrogens is 196 g/mol. The quantitative estimate of drug-likeness (QED) is 0.679. The van der Waals surface area contributed by atoms with Gasteiger partial charge in [-0.1, -0.05) is 31.5 Å². The Labute approximate surface area is 91.0 Å². The second-order valence-electron chi connectivity index (χ2n) is 3.44. The van der Waals surface area contributed by atoms with Gasteiger partial charge in [0.2, 0.25) is 0 Å². The van der Waals surface area contributed by atoms with E-state index < -0.39 is 0 Å². The molecule has 0 spiro atoms. The molecule has 2 heteroatoms. The molecule has 0 aromatic heterocycles. The van der Waals surface area contributed by atoms with Crippen molar-refractivity contribution in [3.8, 4) is 5.75 Å². The van der Waals surface area contributed by atoms with Crippen LogP contribution in [-0.2, 0) is 6.42 Å². The average molecular weight is 213 g/mol. The number of methoxy groups -OCH3 is 1. The highest BCUT2D eigenvalue weighted by Gasteiger charge is 2.09. The van der Waals surface area contributed by atoms with Crippen LogP contribution >= 0.6 is 11.6 Å². The van der Waals surface area contributed by atoms with Gasteiger partial charge in [0.15, 0.2) is 0 Å². The molecule has 0 fully saturated rings. The van der Waals surface area contributed by atoms with Crippen molar-refractivity contribution in [2.45, 2.75) is 19.8 Å². The third kappa shape index (κ3) is 2.91. The SMILES string of the molecule is CCC(CCl)Cc1ccccc1OC. The highest BCUT2D eigenvalue weighted by Crippen LogP contribution is 2.22. The highest BCUT2D eigenvalue weighted by molar-refractivity contribution is 6.18. The summed E-state index contributed by atoms with van der Waals surface area (Å²) in [5.74, 6) is 2.23. The fraction of sp³-hybridized carbons (Fsp3) is 0.500. The van der Waals surface area contributed by atoms with Crippen LogP contribution in [-0.4, -0.2) is 13.0 Å². The molecule has 78 valence electrons. The summed E-state index contributed by atoms with van der Waals surface area (Å²) >= 11 is 5.87. The molecule has 0 aliphatic carbocycles. The van der Waals surface area contributed by atoms with Crippen LogP contribution in [0.3, 0.4) is 0 Å². The minimum absolute atomic E-state index is 0.549.